The number of ether oxygens (including phenoxy) is 1. The molecule has 0 aromatic heterocycles. The lowest BCUT2D eigenvalue weighted by Crippen LogP contribution is -2.47. The summed E-state index contributed by atoms with van der Waals surface area (Å²) in [7, 11) is 0. The van der Waals surface area contributed by atoms with Crippen molar-refractivity contribution < 1.29 is 14.3 Å². The van der Waals surface area contributed by atoms with E-state index in [1.807, 2.05) is 0 Å². The second-order valence-electron chi connectivity index (χ2n) is 5.88. The van der Waals surface area contributed by atoms with Gasteiger partial charge in [-0.05, 0) is 19.3 Å². The molecule has 19 heavy (non-hydrogen) atoms. The van der Waals surface area contributed by atoms with Crippen LogP contribution in [0.3, 0.4) is 0 Å². The number of hydrogen-bond acceptors (Lipinski definition) is 4. The molecule has 3 rings (SSSR count). The Bertz CT molecular complexity index is 360. The maximum Gasteiger partial charge on any atom is 0.247 e. The molecule has 2 unspecified atom stereocenters. The summed E-state index contributed by atoms with van der Waals surface area (Å²) >= 11 is 0. The Morgan fingerprint density at radius 1 is 1.11 bits per heavy atom. The van der Waals surface area contributed by atoms with Crippen LogP contribution in [0.25, 0.3) is 0 Å². The Morgan fingerprint density at radius 2 is 1.89 bits per heavy atom. The minimum atomic E-state index is -0.318. The minimum absolute atomic E-state index is 0.00770. The number of carbonyl (C=O) groups is 2. The van der Waals surface area contributed by atoms with E-state index in [4.69, 9.17) is 4.74 Å². The molecule has 1 saturated carbocycles. The number of nitrogens with one attached hydrogen (secondary N) is 1. The SMILES string of the molecule is O=C1CC(NC2CCOC2)C(=O)N1C1CCCCC1. The van der Waals surface area contributed by atoms with Gasteiger partial charge in [0.05, 0.1) is 19.1 Å². The molecule has 2 heterocycles. The van der Waals surface area contributed by atoms with Gasteiger partial charge >= 0.3 is 0 Å². The molecule has 2 atom stereocenters. The summed E-state index contributed by atoms with van der Waals surface area (Å²) in [4.78, 5) is 26.1. The van der Waals surface area contributed by atoms with E-state index in [-0.39, 0.29) is 29.9 Å². The molecule has 2 aliphatic heterocycles. The summed E-state index contributed by atoms with van der Waals surface area (Å²) in [6, 6.07) is 0.0644. The van der Waals surface area contributed by atoms with Gasteiger partial charge in [0.1, 0.15) is 0 Å². The van der Waals surface area contributed by atoms with Crippen LogP contribution in [0, 0.1) is 0 Å². The van der Waals surface area contributed by atoms with Crippen LogP contribution in [-0.2, 0) is 14.3 Å². The van der Waals surface area contributed by atoms with E-state index < -0.39 is 0 Å². The van der Waals surface area contributed by atoms with Crippen LogP contribution < -0.4 is 5.32 Å². The molecule has 2 amide bonds. The molecule has 5 nitrogen and oxygen atoms in total. The number of hydrogen-bond donors (Lipinski definition) is 1. The van der Waals surface area contributed by atoms with E-state index in [0.29, 0.717) is 13.0 Å². The first-order valence-electron chi connectivity index (χ1n) is 7.45. The first-order chi connectivity index (χ1) is 9.25. The maximum absolute atomic E-state index is 12.4. The summed E-state index contributed by atoms with van der Waals surface area (Å²) in [6.45, 7) is 1.40. The number of nitrogens with zero attached hydrogens (tertiary/aromatic N) is 1. The van der Waals surface area contributed by atoms with Crippen molar-refractivity contribution in [2.45, 2.75) is 63.1 Å². The number of imide groups is 1. The zero-order valence-corrected chi connectivity index (χ0v) is 11.3. The van der Waals surface area contributed by atoms with Crippen molar-refractivity contribution in [2.75, 3.05) is 13.2 Å². The molecule has 1 N–H and O–H groups in total. The summed E-state index contributed by atoms with van der Waals surface area (Å²) in [5.74, 6) is -0.00267. The standard InChI is InChI=1S/C14H22N2O3/c17-13-8-12(15-10-6-7-19-9-10)14(18)16(13)11-4-2-1-3-5-11/h10-12,15H,1-9H2. The van der Waals surface area contributed by atoms with Crippen molar-refractivity contribution in [2.24, 2.45) is 0 Å². The zero-order chi connectivity index (χ0) is 13.2. The second-order valence-corrected chi connectivity index (χ2v) is 5.88. The molecule has 0 aromatic rings. The summed E-state index contributed by atoms with van der Waals surface area (Å²) in [6.07, 6.45) is 6.72. The third kappa shape index (κ3) is 2.67. The third-order valence-corrected chi connectivity index (χ3v) is 4.49. The lowest BCUT2D eigenvalue weighted by molar-refractivity contribution is -0.142. The average molecular weight is 266 g/mol. The van der Waals surface area contributed by atoms with Gasteiger partial charge in [-0.1, -0.05) is 19.3 Å². The van der Waals surface area contributed by atoms with Crippen LogP contribution in [0.4, 0.5) is 0 Å². The van der Waals surface area contributed by atoms with Gasteiger partial charge in [-0.3, -0.25) is 14.5 Å². The van der Waals surface area contributed by atoms with Crippen molar-refractivity contribution in [3.63, 3.8) is 0 Å². The summed E-state index contributed by atoms with van der Waals surface area (Å²) < 4.78 is 5.30. The van der Waals surface area contributed by atoms with Crippen molar-refractivity contribution in [3.8, 4) is 0 Å². The van der Waals surface area contributed by atoms with Gasteiger partial charge in [0.25, 0.3) is 0 Å². The first kappa shape index (κ1) is 13.1. The van der Waals surface area contributed by atoms with E-state index >= 15 is 0 Å². The number of rotatable bonds is 3. The highest BCUT2D eigenvalue weighted by molar-refractivity contribution is 6.05. The molecule has 0 aromatic carbocycles. The molecule has 3 fully saturated rings. The summed E-state index contributed by atoms with van der Waals surface area (Å²) in [5.41, 5.74) is 0. The smallest absolute Gasteiger partial charge is 0.247 e. The predicted molar refractivity (Wildman–Crippen MR) is 69.5 cm³/mol. The van der Waals surface area contributed by atoms with E-state index in [1.54, 1.807) is 4.90 Å². The fourth-order valence-electron chi connectivity index (χ4n) is 3.45. The van der Waals surface area contributed by atoms with Crippen molar-refractivity contribution in [3.05, 3.63) is 0 Å². The highest BCUT2D eigenvalue weighted by Crippen LogP contribution is 2.27. The molecule has 0 spiro atoms. The molecule has 1 aliphatic carbocycles. The second kappa shape index (κ2) is 5.59. The lowest BCUT2D eigenvalue weighted by Gasteiger charge is -2.29. The minimum Gasteiger partial charge on any atom is -0.380 e. The van der Waals surface area contributed by atoms with Gasteiger partial charge in [0, 0.05) is 18.7 Å². The van der Waals surface area contributed by atoms with Gasteiger partial charge in [-0.2, -0.15) is 0 Å². The highest BCUT2D eigenvalue weighted by atomic mass is 16.5. The normalized spacial score (nSPS) is 33.4. The van der Waals surface area contributed by atoms with E-state index in [1.165, 1.54) is 6.42 Å². The molecule has 106 valence electrons. The van der Waals surface area contributed by atoms with E-state index in [0.717, 1.165) is 38.7 Å². The molecule has 3 aliphatic rings. The highest BCUT2D eigenvalue weighted by Gasteiger charge is 2.43. The van der Waals surface area contributed by atoms with E-state index in [2.05, 4.69) is 5.32 Å². The van der Waals surface area contributed by atoms with Crippen molar-refractivity contribution in [1.29, 1.82) is 0 Å². The van der Waals surface area contributed by atoms with Gasteiger partial charge in [0.2, 0.25) is 11.8 Å². The molecule has 2 saturated heterocycles. The molecular weight excluding hydrogens is 244 g/mol. The summed E-state index contributed by atoms with van der Waals surface area (Å²) in [5, 5.41) is 3.29. The zero-order valence-electron chi connectivity index (χ0n) is 11.3. The number of amides is 2. The monoisotopic (exact) mass is 266 g/mol. The number of carbonyl (C=O) groups excluding carboxylic acids is 2. The fraction of sp³-hybridized carbons (Fsp3) is 0.857. The maximum atomic E-state index is 12.4. The van der Waals surface area contributed by atoms with Crippen molar-refractivity contribution >= 4 is 11.8 Å². The Kier molecular flexibility index (Phi) is 3.84. The molecule has 0 bridgehead atoms. The topological polar surface area (TPSA) is 58.6 Å². The van der Waals surface area contributed by atoms with Crippen LogP contribution in [0.5, 0.6) is 0 Å². The quantitative estimate of drug-likeness (QED) is 0.769. The third-order valence-electron chi connectivity index (χ3n) is 4.49. The molecule has 5 heteroatoms. The fourth-order valence-corrected chi connectivity index (χ4v) is 3.45. The first-order valence-corrected chi connectivity index (χ1v) is 7.45. The van der Waals surface area contributed by atoms with Crippen LogP contribution in [0.2, 0.25) is 0 Å². The Labute approximate surface area is 113 Å². The van der Waals surface area contributed by atoms with Gasteiger partial charge in [-0.15, -0.1) is 0 Å². The van der Waals surface area contributed by atoms with Gasteiger partial charge in [0.15, 0.2) is 0 Å². The van der Waals surface area contributed by atoms with Crippen LogP contribution in [0.15, 0.2) is 0 Å². The van der Waals surface area contributed by atoms with Gasteiger partial charge in [-0.25, -0.2) is 0 Å². The molecular formula is C14H22N2O3. The predicted octanol–water partition coefficient (Wildman–Crippen LogP) is 0.825. The number of likely N-dealkylation sites (tertiary alicyclic amines) is 1. The van der Waals surface area contributed by atoms with Crippen molar-refractivity contribution in [1.82, 2.24) is 10.2 Å². The van der Waals surface area contributed by atoms with Crippen LogP contribution in [-0.4, -0.2) is 48.1 Å². The molecule has 0 radical (unpaired) electrons. The Morgan fingerprint density at radius 3 is 2.58 bits per heavy atom. The largest absolute Gasteiger partial charge is 0.380 e. The lowest BCUT2D eigenvalue weighted by atomic mass is 9.94. The van der Waals surface area contributed by atoms with Crippen LogP contribution >= 0.6 is 0 Å². The van der Waals surface area contributed by atoms with E-state index in [9.17, 15) is 9.59 Å². The average Bonchev–Trinajstić information content (AvgIpc) is 3.01. The van der Waals surface area contributed by atoms with Gasteiger partial charge < -0.3 is 10.1 Å². The van der Waals surface area contributed by atoms with Crippen LogP contribution in [0.1, 0.15) is 44.9 Å². The Balaban J connectivity index is 1.62. The Hall–Kier alpha value is -0.940.